The summed E-state index contributed by atoms with van der Waals surface area (Å²) in [5, 5.41) is 6.08. The minimum Gasteiger partial charge on any atom is -0.497 e. The van der Waals surface area contributed by atoms with Crippen LogP contribution < -0.4 is 15.4 Å². The van der Waals surface area contributed by atoms with Gasteiger partial charge in [0, 0.05) is 13.1 Å². The van der Waals surface area contributed by atoms with E-state index in [4.69, 9.17) is 4.74 Å². The molecule has 174 valence electrons. The lowest BCUT2D eigenvalue weighted by Gasteiger charge is -2.22. The van der Waals surface area contributed by atoms with Crippen LogP contribution in [-0.2, 0) is 10.0 Å². The molecule has 2 aromatic carbocycles. The smallest absolute Gasteiger partial charge is 0.315 e. The summed E-state index contributed by atoms with van der Waals surface area (Å²) in [6, 6.07) is 13.9. The summed E-state index contributed by atoms with van der Waals surface area (Å²) >= 11 is 0. The number of carbonyl (C=O) groups excluding carboxylic acids is 1. The molecule has 1 aliphatic carbocycles. The third-order valence-electron chi connectivity index (χ3n) is 5.93. The van der Waals surface area contributed by atoms with Crippen molar-refractivity contribution in [3.8, 4) is 5.75 Å². The van der Waals surface area contributed by atoms with Gasteiger partial charge < -0.3 is 15.4 Å². The van der Waals surface area contributed by atoms with Gasteiger partial charge in [-0.1, -0.05) is 38.1 Å². The summed E-state index contributed by atoms with van der Waals surface area (Å²) in [6.45, 7) is 6.37. The van der Waals surface area contributed by atoms with Crippen LogP contribution in [0, 0.1) is 5.92 Å². The van der Waals surface area contributed by atoms with E-state index >= 15 is 0 Å². The topological polar surface area (TPSA) is 87.7 Å². The Morgan fingerprint density at radius 1 is 1.00 bits per heavy atom. The molecule has 0 heterocycles. The van der Waals surface area contributed by atoms with E-state index in [0.29, 0.717) is 19.0 Å². The third kappa shape index (κ3) is 5.61. The van der Waals surface area contributed by atoms with Crippen LogP contribution in [0.5, 0.6) is 5.75 Å². The maximum atomic E-state index is 12.7. The fourth-order valence-electron chi connectivity index (χ4n) is 3.82. The van der Waals surface area contributed by atoms with Gasteiger partial charge in [0.15, 0.2) is 0 Å². The minimum absolute atomic E-state index is 0.0466. The van der Waals surface area contributed by atoms with Gasteiger partial charge in [0.1, 0.15) is 5.75 Å². The van der Waals surface area contributed by atoms with Crippen molar-refractivity contribution in [1.82, 2.24) is 14.9 Å². The summed E-state index contributed by atoms with van der Waals surface area (Å²) in [5.74, 6) is 1.22. The highest BCUT2D eigenvalue weighted by molar-refractivity contribution is 7.89. The van der Waals surface area contributed by atoms with Crippen LogP contribution in [-0.4, -0.2) is 39.0 Å². The average molecular weight is 460 g/mol. The Morgan fingerprint density at radius 3 is 2.06 bits per heavy atom. The number of nitrogens with one attached hydrogen (secondary N) is 2. The Balaban J connectivity index is 1.64. The Kier molecular flexibility index (Phi) is 7.79. The summed E-state index contributed by atoms with van der Waals surface area (Å²) in [5.41, 5.74) is 1.90. The molecule has 2 amide bonds. The predicted octanol–water partition coefficient (Wildman–Crippen LogP) is 4.24. The van der Waals surface area contributed by atoms with E-state index in [1.807, 2.05) is 45.0 Å². The van der Waals surface area contributed by atoms with E-state index in [2.05, 4.69) is 10.6 Å². The predicted molar refractivity (Wildman–Crippen MR) is 125 cm³/mol. The number of hydrogen-bond acceptors (Lipinski definition) is 4. The fourth-order valence-corrected chi connectivity index (χ4v) is 5.28. The molecule has 1 saturated carbocycles. The standard InChI is InChI=1S/C24H33N3O4S/c1-5-27(6-2)32(29,30)22-15-11-18(12-16-22)17(3)25-24(28)26-23(19-7-8-19)20-9-13-21(31-4)14-10-20/h9-17,19,23H,5-8H2,1-4H3,(H2,25,26,28)/t17-,23-/m0/s1. The number of rotatable bonds is 10. The van der Waals surface area contributed by atoms with Crippen molar-refractivity contribution >= 4 is 16.1 Å². The molecular weight excluding hydrogens is 426 g/mol. The van der Waals surface area contributed by atoms with Gasteiger partial charge in [-0.05, 0) is 61.1 Å². The first kappa shape index (κ1) is 24.1. The quantitative estimate of drug-likeness (QED) is 0.556. The highest BCUT2D eigenvalue weighted by Gasteiger charge is 2.33. The van der Waals surface area contributed by atoms with Gasteiger partial charge >= 0.3 is 6.03 Å². The van der Waals surface area contributed by atoms with Crippen molar-refractivity contribution < 1.29 is 17.9 Å². The highest BCUT2D eigenvalue weighted by Crippen LogP contribution is 2.41. The first-order chi connectivity index (χ1) is 15.3. The molecule has 3 rings (SSSR count). The second kappa shape index (κ2) is 10.4. The van der Waals surface area contributed by atoms with Crippen LogP contribution in [0.4, 0.5) is 4.79 Å². The lowest BCUT2D eigenvalue weighted by molar-refractivity contribution is 0.232. The molecule has 0 aliphatic heterocycles. The second-order valence-electron chi connectivity index (χ2n) is 8.09. The van der Waals surface area contributed by atoms with Crippen LogP contribution >= 0.6 is 0 Å². The van der Waals surface area contributed by atoms with Crippen molar-refractivity contribution in [2.75, 3.05) is 20.2 Å². The summed E-state index contributed by atoms with van der Waals surface area (Å²) in [6.07, 6.45) is 2.18. The van der Waals surface area contributed by atoms with Crippen LogP contribution in [0.2, 0.25) is 0 Å². The van der Waals surface area contributed by atoms with E-state index in [0.717, 1.165) is 29.7 Å². The largest absolute Gasteiger partial charge is 0.497 e. The van der Waals surface area contributed by atoms with Crippen molar-refractivity contribution in [3.05, 3.63) is 59.7 Å². The fraction of sp³-hybridized carbons (Fsp3) is 0.458. The van der Waals surface area contributed by atoms with Gasteiger partial charge in [0.2, 0.25) is 10.0 Å². The molecule has 0 saturated heterocycles. The SMILES string of the molecule is CCN(CC)S(=O)(=O)c1ccc([C@H](C)NC(=O)N[C@H](c2ccc(OC)cc2)C2CC2)cc1. The molecular formula is C24H33N3O4S. The molecule has 2 aromatic rings. The molecule has 0 radical (unpaired) electrons. The molecule has 7 nitrogen and oxygen atoms in total. The minimum atomic E-state index is -3.50. The van der Waals surface area contributed by atoms with Crippen molar-refractivity contribution in [2.24, 2.45) is 5.92 Å². The van der Waals surface area contributed by atoms with E-state index in [1.54, 1.807) is 31.4 Å². The van der Waals surface area contributed by atoms with Crippen molar-refractivity contribution in [1.29, 1.82) is 0 Å². The normalized spacial score (nSPS) is 15.8. The monoisotopic (exact) mass is 459 g/mol. The van der Waals surface area contributed by atoms with Crippen molar-refractivity contribution in [2.45, 2.75) is 50.6 Å². The Hall–Kier alpha value is -2.58. The second-order valence-corrected chi connectivity index (χ2v) is 10.0. The Labute approximate surface area is 191 Å². The molecule has 0 unspecified atom stereocenters. The molecule has 1 aliphatic rings. The Morgan fingerprint density at radius 2 is 1.56 bits per heavy atom. The van der Waals surface area contributed by atoms with E-state index in [9.17, 15) is 13.2 Å². The van der Waals surface area contributed by atoms with Crippen LogP contribution in [0.15, 0.2) is 53.4 Å². The van der Waals surface area contributed by atoms with Gasteiger partial charge in [-0.15, -0.1) is 0 Å². The molecule has 0 aromatic heterocycles. The van der Waals surface area contributed by atoms with Gasteiger partial charge in [-0.25, -0.2) is 13.2 Å². The van der Waals surface area contributed by atoms with Crippen LogP contribution in [0.1, 0.15) is 56.8 Å². The molecule has 1 fully saturated rings. The van der Waals surface area contributed by atoms with Gasteiger partial charge in [0.05, 0.1) is 24.1 Å². The molecule has 8 heteroatoms. The number of carbonyl (C=O) groups is 1. The number of urea groups is 1. The highest BCUT2D eigenvalue weighted by atomic mass is 32.2. The molecule has 2 N–H and O–H groups in total. The van der Waals surface area contributed by atoms with E-state index in [-0.39, 0.29) is 23.0 Å². The lowest BCUT2D eigenvalue weighted by Crippen LogP contribution is -2.40. The lowest BCUT2D eigenvalue weighted by atomic mass is 10.0. The molecule has 0 bridgehead atoms. The van der Waals surface area contributed by atoms with E-state index in [1.165, 1.54) is 4.31 Å². The van der Waals surface area contributed by atoms with Gasteiger partial charge in [-0.3, -0.25) is 0 Å². The summed E-state index contributed by atoms with van der Waals surface area (Å²) < 4.78 is 32.0. The number of ether oxygens (including phenoxy) is 1. The zero-order valence-corrected chi connectivity index (χ0v) is 20.0. The first-order valence-electron chi connectivity index (χ1n) is 11.1. The van der Waals surface area contributed by atoms with Crippen LogP contribution in [0.3, 0.4) is 0 Å². The molecule has 32 heavy (non-hydrogen) atoms. The number of amides is 2. The number of methoxy groups -OCH3 is 1. The maximum absolute atomic E-state index is 12.7. The van der Waals surface area contributed by atoms with E-state index < -0.39 is 10.0 Å². The maximum Gasteiger partial charge on any atom is 0.315 e. The summed E-state index contributed by atoms with van der Waals surface area (Å²) in [7, 11) is -1.87. The molecule has 2 atom stereocenters. The number of hydrogen-bond donors (Lipinski definition) is 2. The first-order valence-corrected chi connectivity index (χ1v) is 12.5. The third-order valence-corrected chi connectivity index (χ3v) is 7.99. The number of sulfonamides is 1. The van der Waals surface area contributed by atoms with Gasteiger partial charge in [-0.2, -0.15) is 4.31 Å². The van der Waals surface area contributed by atoms with Crippen LogP contribution in [0.25, 0.3) is 0 Å². The van der Waals surface area contributed by atoms with Gasteiger partial charge in [0.25, 0.3) is 0 Å². The zero-order chi connectivity index (χ0) is 23.3. The summed E-state index contributed by atoms with van der Waals surface area (Å²) in [4.78, 5) is 13.0. The average Bonchev–Trinajstić information content (AvgIpc) is 3.63. The zero-order valence-electron chi connectivity index (χ0n) is 19.2. The number of nitrogens with zero attached hydrogens (tertiary/aromatic N) is 1. The van der Waals surface area contributed by atoms with Crippen molar-refractivity contribution in [3.63, 3.8) is 0 Å². The Bertz CT molecular complexity index is 999. The molecule has 0 spiro atoms. The number of benzene rings is 2.